The van der Waals surface area contributed by atoms with Crippen LogP contribution in [-0.2, 0) is 11.3 Å². The van der Waals surface area contributed by atoms with Crippen LogP contribution in [0, 0.1) is 30.0 Å². The van der Waals surface area contributed by atoms with Gasteiger partial charge in [-0.25, -0.2) is 23.1 Å². The number of hydrogen-bond donors (Lipinski definition) is 2. The van der Waals surface area contributed by atoms with E-state index in [0.29, 0.717) is 53.4 Å². The highest BCUT2D eigenvalue weighted by Crippen LogP contribution is 2.51. The van der Waals surface area contributed by atoms with E-state index in [1.54, 1.807) is 19.9 Å². The third kappa shape index (κ3) is 4.68. The highest BCUT2D eigenvalue weighted by Gasteiger charge is 2.48. The second-order valence-electron chi connectivity index (χ2n) is 10.1. The molecule has 0 spiro atoms. The van der Waals surface area contributed by atoms with Gasteiger partial charge in [-0.05, 0) is 58.2 Å². The molecule has 2 N–H and O–H groups in total. The SMILES string of the molecule is COc1nc2nc(C)nc(N[C@H](C)c3cccc(C(F)(F)CCC4CNC4)c3F)c2cc1C1(C#N)CC1. The molecule has 0 amide bonds. The fourth-order valence-corrected chi connectivity index (χ4v) is 4.84. The lowest BCUT2D eigenvalue weighted by Crippen LogP contribution is -2.42. The maximum Gasteiger partial charge on any atom is 0.276 e. The zero-order valence-electron chi connectivity index (χ0n) is 21.0. The summed E-state index contributed by atoms with van der Waals surface area (Å²) in [6.07, 6.45) is 1.34. The van der Waals surface area contributed by atoms with Gasteiger partial charge in [0.05, 0.1) is 35.6 Å². The largest absolute Gasteiger partial charge is 0.481 e. The van der Waals surface area contributed by atoms with E-state index in [0.717, 1.165) is 19.2 Å². The number of alkyl halides is 2. The van der Waals surface area contributed by atoms with Crippen molar-refractivity contribution in [2.75, 3.05) is 25.5 Å². The Bertz CT molecular complexity index is 1380. The molecule has 5 rings (SSSR count). The Morgan fingerprint density at radius 1 is 1.27 bits per heavy atom. The van der Waals surface area contributed by atoms with Gasteiger partial charge in [-0.15, -0.1) is 0 Å². The topological polar surface area (TPSA) is 95.8 Å². The van der Waals surface area contributed by atoms with E-state index in [4.69, 9.17) is 4.74 Å². The summed E-state index contributed by atoms with van der Waals surface area (Å²) < 4.78 is 50.9. The van der Waals surface area contributed by atoms with Gasteiger partial charge < -0.3 is 15.4 Å². The quantitative estimate of drug-likeness (QED) is 0.403. The molecule has 0 unspecified atom stereocenters. The number of nitriles is 1. The minimum Gasteiger partial charge on any atom is -0.481 e. The van der Waals surface area contributed by atoms with E-state index in [2.05, 4.69) is 31.7 Å². The number of hydrogen-bond acceptors (Lipinski definition) is 7. The molecule has 1 aromatic carbocycles. The monoisotopic (exact) mass is 510 g/mol. The van der Waals surface area contributed by atoms with Gasteiger partial charge in [0, 0.05) is 17.5 Å². The molecule has 1 atom stereocenters. The number of anilines is 1. The number of halogens is 3. The Morgan fingerprint density at radius 3 is 2.65 bits per heavy atom. The third-order valence-corrected chi connectivity index (χ3v) is 7.41. The molecule has 37 heavy (non-hydrogen) atoms. The molecule has 2 aliphatic rings. The number of fused-ring (bicyclic) bond motifs is 1. The zero-order valence-corrected chi connectivity index (χ0v) is 21.0. The van der Waals surface area contributed by atoms with Gasteiger partial charge in [0.15, 0.2) is 5.65 Å². The van der Waals surface area contributed by atoms with Crippen molar-refractivity contribution < 1.29 is 17.9 Å². The lowest BCUT2D eigenvalue weighted by molar-refractivity contribution is -0.0244. The van der Waals surface area contributed by atoms with Crippen LogP contribution in [0.5, 0.6) is 5.88 Å². The molecule has 0 bridgehead atoms. The highest BCUT2D eigenvalue weighted by molar-refractivity contribution is 5.88. The Kier molecular flexibility index (Phi) is 6.44. The van der Waals surface area contributed by atoms with Crippen molar-refractivity contribution >= 4 is 16.9 Å². The van der Waals surface area contributed by atoms with E-state index < -0.39 is 35.2 Å². The zero-order chi connectivity index (χ0) is 26.4. The van der Waals surface area contributed by atoms with Crippen LogP contribution in [0.3, 0.4) is 0 Å². The lowest BCUT2D eigenvalue weighted by Gasteiger charge is -2.29. The number of ether oxygens (including phenoxy) is 1. The first-order valence-electron chi connectivity index (χ1n) is 12.5. The predicted molar refractivity (Wildman–Crippen MR) is 133 cm³/mol. The van der Waals surface area contributed by atoms with Crippen LogP contribution in [-0.4, -0.2) is 35.2 Å². The van der Waals surface area contributed by atoms with Crippen molar-refractivity contribution in [3.8, 4) is 11.9 Å². The van der Waals surface area contributed by atoms with Crippen LogP contribution in [0.25, 0.3) is 11.0 Å². The van der Waals surface area contributed by atoms with Gasteiger partial charge >= 0.3 is 0 Å². The summed E-state index contributed by atoms with van der Waals surface area (Å²) in [5, 5.41) is 16.5. The molecule has 0 radical (unpaired) electrons. The minimum absolute atomic E-state index is 0.115. The fourth-order valence-electron chi connectivity index (χ4n) is 4.84. The Morgan fingerprint density at radius 2 is 2.03 bits per heavy atom. The second-order valence-corrected chi connectivity index (χ2v) is 10.1. The van der Waals surface area contributed by atoms with E-state index in [-0.39, 0.29) is 11.5 Å². The van der Waals surface area contributed by atoms with E-state index in [9.17, 15) is 14.0 Å². The van der Waals surface area contributed by atoms with Crippen LogP contribution < -0.4 is 15.4 Å². The molecule has 1 saturated carbocycles. The Hall–Kier alpha value is -3.45. The van der Waals surface area contributed by atoms with Gasteiger partial charge in [-0.2, -0.15) is 10.2 Å². The first-order valence-corrected chi connectivity index (χ1v) is 12.5. The summed E-state index contributed by atoms with van der Waals surface area (Å²) in [6.45, 7) is 4.85. The van der Waals surface area contributed by atoms with Crippen LogP contribution >= 0.6 is 0 Å². The smallest absolute Gasteiger partial charge is 0.276 e. The van der Waals surface area contributed by atoms with E-state index in [1.165, 1.54) is 19.2 Å². The van der Waals surface area contributed by atoms with Gasteiger partial charge in [0.25, 0.3) is 5.92 Å². The average molecular weight is 511 g/mol. The molecular weight excluding hydrogens is 481 g/mol. The molecule has 10 heteroatoms. The second kappa shape index (κ2) is 9.45. The Balaban J connectivity index is 1.47. The molecule has 2 aromatic heterocycles. The predicted octanol–water partition coefficient (Wildman–Crippen LogP) is 5.30. The molecule has 3 aromatic rings. The summed E-state index contributed by atoms with van der Waals surface area (Å²) in [5.74, 6) is -2.83. The van der Waals surface area contributed by atoms with Crippen LogP contribution in [0.2, 0.25) is 0 Å². The number of benzene rings is 1. The summed E-state index contributed by atoms with van der Waals surface area (Å²) in [6, 6.07) is 7.59. The molecule has 3 heterocycles. The molecule has 194 valence electrons. The fraction of sp³-hybridized carbons (Fsp3) is 0.481. The Labute approximate surface area is 213 Å². The van der Waals surface area contributed by atoms with Crippen LogP contribution in [0.1, 0.15) is 61.2 Å². The maximum absolute atomic E-state index is 15.5. The number of nitrogens with zero attached hydrogens (tertiary/aromatic N) is 4. The van der Waals surface area contributed by atoms with Gasteiger partial charge in [0.2, 0.25) is 5.88 Å². The number of rotatable bonds is 9. The number of pyridine rings is 1. The normalized spacial score (nSPS) is 17.6. The highest BCUT2D eigenvalue weighted by atomic mass is 19.3. The summed E-state index contributed by atoms with van der Waals surface area (Å²) >= 11 is 0. The molecule has 2 fully saturated rings. The van der Waals surface area contributed by atoms with Crippen LogP contribution in [0.4, 0.5) is 19.0 Å². The summed E-state index contributed by atoms with van der Waals surface area (Å²) in [4.78, 5) is 13.4. The average Bonchev–Trinajstić information content (AvgIpc) is 3.63. The van der Waals surface area contributed by atoms with Gasteiger partial charge in [-0.3, -0.25) is 0 Å². The standard InChI is InChI=1S/C27H29F3N6O/c1-15(18-5-4-6-20(22(18)28)27(29,30)8-7-17-12-32-13-17)33-23-19-11-21(26(14-31)9-10-26)25(37-3)36-24(19)35-16(2)34-23/h4-6,11,15,17,32H,7-10,12-13H2,1-3H3,(H,33,34,35,36)/t15-/m1/s1. The van der Waals surface area contributed by atoms with Crippen molar-refractivity contribution in [2.24, 2.45) is 5.92 Å². The molecule has 1 aliphatic carbocycles. The van der Waals surface area contributed by atoms with Crippen molar-refractivity contribution in [3.63, 3.8) is 0 Å². The molecular formula is C27H29F3N6O. The van der Waals surface area contributed by atoms with Crippen molar-refractivity contribution in [2.45, 2.75) is 56.9 Å². The van der Waals surface area contributed by atoms with E-state index >= 15 is 4.39 Å². The van der Waals surface area contributed by atoms with Gasteiger partial charge in [-0.1, -0.05) is 18.2 Å². The van der Waals surface area contributed by atoms with E-state index in [1.807, 2.05) is 0 Å². The summed E-state index contributed by atoms with van der Waals surface area (Å²) in [5.41, 5.74) is -0.121. The molecule has 1 aliphatic heterocycles. The van der Waals surface area contributed by atoms with Gasteiger partial charge in [0.1, 0.15) is 17.5 Å². The molecule has 1 saturated heterocycles. The first kappa shape index (κ1) is 25.2. The van der Waals surface area contributed by atoms with Crippen molar-refractivity contribution in [1.82, 2.24) is 20.3 Å². The molecule has 7 nitrogen and oxygen atoms in total. The third-order valence-electron chi connectivity index (χ3n) is 7.41. The lowest BCUT2D eigenvalue weighted by atomic mass is 9.91. The number of nitrogens with one attached hydrogen (secondary N) is 2. The van der Waals surface area contributed by atoms with Crippen molar-refractivity contribution in [3.05, 3.63) is 52.6 Å². The number of aromatic nitrogens is 3. The maximum atomic E-state index is 15.5. The van der Waals surface area contributed by atoms with Crippen LogP contribution in [0.15, 0.2) is 24.3 Å². The minimum atomic E-state index is -3.27. The number of aryl methyl sites for hydroxylation is 1. The summed E-state index contributed by atoms with van der Waals surface area (Å²) in [7, 11) is 1.50. The number of methoxy groups -OCH3 is 1. The first-order chi connectivity index (χ1) is 17.7. The van der Waals surface area contributed by atoms with Crippen molar-refractivity contribution in [1.29, 1.82) is 5.26 Å².